The molecule has 1 aromatic carbocycles. The van der Waals surface area contributed by atoms with Gasteiger partial charge >= 0.3 is 0 Å². The SMILES string of the molecule is N#CCCCN1CC=C(c2ccccc2F)CC1. The predicted molar refractivity (Wildman–Crippen MR) is 70.3 cm³/mol. The summed E-state index contributed by atoms with van der Waals surface area (Å²) in [5.74, 6) is -0.137. The van der Waals surface area contributed by atoms with Gasteiger partial charge in [0.05, 0.1) is 6.07 Å². The summed E-state index contributed by atoms with van der Waals surface area (Å²) in [6, 6.07) is 9.10. The zero-order valence-corrected chi connectivity index (χ0v) is 10.4. The number of hydrogen-bond acceptors (Lipinski definition) is 2. The highest BCUT2D eigenvalue weighted by atomic mass is 19.1. The van der Waals surface area contributed by atoms with E-state index in [0.29, 0.717) is 6.42 Å². The van der Waals surface area contributed by atoms with Crippen molar-refractivity contribution in [3.8, 4) is 6.07 Å². The van der Waals surface area contributed by atoms with Gasteiger partial charge in [0.15, 0.2) is 0 Å². The Labute approximate surface area is 107 Å². The van der Waals surface area contributed by atoms with Gasteiger partial charge in [0.1, 0.15) is 5.82 Å². The minimum absolute atomic E-state index is 0.137. The summed E-state index contributed by atoms with van der Waals surface area (Å²) in [4.78, 5) is 2.31. The van der Waals surface area contributed by atoms with Gasteiger partial charge in [-0.15, -0.1) is 0 Å². The van der Waals surface area contributed by atoms with Crippen molar-refractivity contribution in [1.82, 2.24) is 4.90 Å². The lowest BCUT2D eigenvalue weighted by molar-refractivity contribution is 0.299. The van der Waals surface area contributed by atoms with E-state index in [1.54, 1.807) is 6.07 Å². The third-order valence-corrected chi connectivity index (χ3v) is 3.28. The second kappa shape index (κ2) is 6.32. The standard InChI is InChI=1S/C15H17FN2/c16-15-6-2-1-5-14(15)13-7-11-18(12-8-13)10-4-3-9-17/h1-2,5-7H,3-4,8,10-12H2. The Kier molecular flexibility index (Phi) is 4.49. The van der Waals surface area contributed by atoms with E-state index in [0.717, 1.165) is 43.6 Å². The van der Waals surface area contributed by atoms with Crippen molar-refractivity contribution < 1.29 is 4.39 Å². The van der Waals surface area contributed by atoms with Gasteiger partial charge in [-0.2, -0.15) is 5.26 Å². The molecule has 0 fully saturated rings. The first-order valence-corrected chi connectivity index (χ1v) is 6.34. The van der Waals surface area contributed by atoms with Gasteiger partial charge in [0, 0.05) is 25.1 Å². The number of rotatable bonds is 4. The number of unbranched alkanes of at least 4 members (excludes halogenated alkanes) is 1. The lowest BCUT2D eigenvalue weighted by Gasteiger charge is -2.26. The number of benzene rings is 1. The third kappa shape index (κ3) is 3.18. The molecule has 0 amide bonds. The summed E-state index contributed by atoms with van der Waals surface area (Å²) < 4.78 is 13.6. The van der Waals surface area contributed by atoms with Gasteiger partial charge < -0.3 is 0 Å². The van der Waals surface area contributed by atoms with E-state index < -0.39 is 0 Å². The Bertz CT molecular complexity index is 474. The zero-order valence-electron chi connectivity index (χ0n) is 10.4. The summed E-state index contributed by atoms with van der Waals surface area (Å²) in [7, 11) is 0. The molecule has 2 nitrogen and oxygen atoms in total. The highest BCUT2D eigenvalue weighted by Gasteiger charge is 2.14. The fourth-order valence-corrected chi connectivity index (χ4v) is 2.26. The highest BCUT2D eigenvalue weighted by molar-refractivity contribution is 5.66. The van der Waals surface area contributed by atoms with E-state index >= 15 is 0 Å². The highest BCUT2D eigenvalue weighted by Crippen LogP contribution is 2.24. The molecular formula is C15H17FN2. The van der Waals surface area contributed by atoms with Crippen LogP contribution in [0.2, 0.25) is 0 Å². The van der Waals surface area contributed by atoms with E-state index in [9.17, 15) is 4.39 Å². The average Bonchev–Trinajstić information content (AvgIpc) is 2.41. The maximum Gasteiger partial charge on any atom is 0.130 e. The Morgan fingerprint density at radius 3 is 2.83 bits per heavy atom. The van der Waals surface area contributed by atoms with Gasteiger partial charge in [0.25, 0.3) is 0 Å². The molecule has 0 saturated carbocycles. The molecule has 94 valence electrons. The minimum Gasteiger partial charge on any atom is -0.299 e. The first kappa shape index (κ1) is 12.8. The van der Waals surface area contributed by atoms with Crippen LogP contribution in [0.15, 0.2) is 30.3 Å². The lowest BCUT2D eigenvalue weighted by Crippen LogP contribution is -2.29. The molecule has 1 aliphatic heterocycles. The summed E-state index contributed by atoms with van der Waals surface area (Å²) in [5.41, 5.74) is 1.83. The number of hydrogen-bond donors (Lipinski definition) is 0. The predicted octanol–water partition coefficient (Wildman–Crippen LogP) is 3.22. The van der Waals surface area contributed by atoms with E-state index in [4.69, 9.17) is 5.26 Å². The summed E-state index contributed by atoms with van der Waals surface area (Å²) in [6.45, 7) is 2.76. The maximum absolute atomic E-state index is 13.6. The third-order valence-electron chi connectivity index (χ3n) is 3.28. The van der Waals surface area contributed by atoms with Crippen molar-refractivity contribution in [2.45, 2.75) is 19.3 Å². The number of nitriles is 1. The topological polar surface area (TPSA) is 27.0 Å². The zero-order chi connectivity index (χ0) is 12.8. The molecule has 0 N–H and O–H groups in total. The first-order valence-electron chi connectivity index (χ1n) is 6.34. The molecule has 0 atom stereocenters. The molecule has 0 saturated heterocycles. The molecule has 2 rings (SSSR count). The van der Waals surface area contributed by atoms with Crippen molar-refractivity contribution in [3.63, 3.8) is 0 Å². The molecule has 0 aromatic heterocycles. The fraction of sp³-hybridized carbons (Fsp3) is 0.400. The van der Waals surface area contributed by atoms with Crippen LogP contribution in [0.5, 0.6) is 0 Å². The second-order valence-corrected chi connectivity index (χ2v) is 4.52. The van der Waals surface area contributed by atoms with Crippen molar-refractivity contribution in [3.05, 3.63) is 41.7 Å². The number of nitrogens with zero attached hydrogens (tertiary/aromatic N) is 2. The largest absolute Gasteiger partial charge is 0.299 e. The van der Waals surface area contributed by atoms with Crippen molar-refractivity contribution >= 4 is 5.57 Å². The van der Waals surface area contributed by atoms with Crippen LogP contribution in [0, 0.1) is 17.1 Å². The molecule has 18 heavy (non-hydrogen) atoms. The quantitative estimate of drug-likeness (QED) is 0.760. The Balaban J connectivity index is 1.95. The van der Waals surface area contributed by atoms with Crippen molar-refractivity contribution in [1.29, 1.82) is 5.26 Å². The molecule has 0 unspecified atom stereocenters. The van der Waals surface area contributed by atoms with Gasteiger partial charge in [-0.1, -0.05) is 24.3 Å². The van der Waals surface area contributed by atoms with Crippen LogP contribution in [0.4, 0.5) is 4.39 Å². The van der Waals surface area contributed by atoms with Crippen LogP contribution in [0.1, 0.15) is 24.8 Å². The summed E-state index contributed by atoms with van der Waals surface area (Å²) in [6.07, 6.45) is 4.52. The van der Waals surface area contributed by atoms with E-state index in [-0.39, 0.29) is 5.82 Å². The molecular weight excluding hydrogens is 227 g/mol. The van der Waals surface area contributed by atoms with Gasteiger partial charge in [-0.3, -0.25) is 4.90 Å². The van der Waals surface area contributed by atoms with Crippen LogP contribution in [-0.2, 0) is 0 Å². The van der Waals surface area contributed by atoms with Crippen LogP contribution in [-0.4, -0.2) is 24.5 Å². The minimum atomic E-state index is -0.137. The summed E-state index contributed by atoms with van der Waals surface area (Å²) in [5, 5.41) is 8.49. The normalized spacial score (nSPS) is 16.1. The first-order chi connectivity index (χ1) is 8.81. The fourth-order valence-electron chi connectivity index (χ4n) is 2.26. The summed E-state index contributed by atoms with van der Waals surface area (Å²) >= 11 is 0. The Morgan fingerprint density at radius 1 is 1.33 bits per heavy atom. The van der Waals surface area contributed by atoms with Crippen LogP contribution in [0.25, 0.3) is 5.57 Å². The molecule has 0 radical (unpaired) electrons. The Hall–Kier alpha value is -1.66. The molecule has 1 aliphatic rings. The molecule has 0 aliphatic carbocycles. The number of halogens is 1. The van der Waals surface area contributed by atoms with Crippen molar-refractivity contribution in [2.24, 2.45) is 0 Å². The van der Waals surface area contributed by atoms with E-state index in [2.05, 4.69) is 17.0 Å². The smallest absolute Gasteiger partial charge is 0.130 e. The molecule has 0 bridgehead atoms. The molecule has 1 aromatic rings. The Morgan fingerprint density at radius 2 is 2.17 bits per heavy atom. The second-order valence-electron chi connectivity index (χ2n) is 4.52. The maximum atomic E-state index is 13.6. The monoisotopic (exact) mass is 244 g/mol. The molecule has 1 heterocycles. The van der Waals surface area contributed by atoms with E-state index in [1.165, 1.54) is 6.07 Å². The van der Waals surface area contributed by atoms with E-state index in [1.807, 2.05) is 12.1 Å². The van der Waals surface area contributed by atoms with Crippen molar-refractivity contribution in [2.75, 3.05) is 19.6 Å². The van der Waals surface area contributed by atoms with Crippen LogP contribution in [0.3, 0.4) is 0 Å². The van der Waals surface area contributed by atoms with Crippen LogP contribution < -0.4 is 0 Å². The van der Waals surface area contributed by atoms with Gasteiger partial charge in [-0.05, 0) is 31.0 Å². The van der Waals surface area contributed by atoms with Gasteiger partial charge in [-0.25, -0.2) is 4.39 Å². The molecule has 0 spiro atoms. The average molecular weight is 244 g/mol. The lowest BCUT2D eigenvalue weighted by atomic mass is 9.99. The van der Waals surface area contributed by atoms with Gasteiger partial charge in [0.2, 0.25) is 0 Å². The molecule has 3 heteroatoms. The van der Waals surface area contributed by atoms with Crippen LogP contribution >= 0.6 is 0 Å².